The lowest BCUT2D eigenvalue weighted by Gasteiger charge is -2.21. The number of aliphatic hydroxyl groups excluding tert-OH is 1. The molecular formula is C13H25N4O15P3. The Labute approximate surface area is 197 Å². The van der Waals surface area contributed by atoms with Crippen LogP contribution in [0.3, 0.4) is 0 Å². The molecule has 22 heteroatoms. The number of ether oxygens (including phenoxy) is 3. The number of anilines is 1. The van der Waals surface area contributed by atoms with Crippen LogP contribution in [0.2, 0.25) is 0 Å². The predicted molar refractivity (Wildman–Crippen MR) is 112 cm³/mol. The smallest absolute Gasteiger partial charge is 0.388 e. The van der Waals surface area contributed by atoms with Crippen LogP contribution in [0.1, 0.15) is 18.2 Å². The Kier molecular flexibility index (Phi) is 10.7. The molecule has 0 aromatic carbocycles. The number of rotatable bonds is 14. The maximum absolute atomic E-state index is 12.3. The fourth-order valence-corrected chi connectivity index (χ4v) is 5.76. The Morgan fingerprint density at radius 1 is 1.09 bits per heavy atom. The lowest BCUT2D eigenvalue weighted by Crippen LogP contribution is -2.29. The molecule has 5 atom stereocenters. The summed E-state index contributed by atoms with van der Waals surface area (Å²) >= 11 is 0. The zero-order chi connectivity index (χ0) is 26.4. The van der Waals surface area contributed by atoms with Crippen molar-refractivity contribution < 1.29 is 65.7 Å². The fraction of sp³-hybridized carbons (Fsp3) is 0.692. The molecule has 1 aliphatic rings. The topological polar surface area (TPSA) is 295 Å². The first-order valence-corrected chi connectivity index (χ1v) is 14.0. The minimum absolute atomic E-state index is 0.0780. The molecule has 0 aliphatic carbocycles. The molecule has 2 heterocycles. The van der Waals surface area contributed by atoms with E-state index >= 15 is 0 Å². The number of aromatic nitrogens is 2. The van der Waals surface area contributed by atoms with Crippen LogP contribution in [-0.2, 0) is 47.7 Å². The van der Waals surface area contributed by atoms with Gasteiger partial charge < -0.3 is 50.4 Å². The molecule has 35 heavy (non-hydrogen) atoms. The highest BCUT2D eigenvalue weighted by molar-refractivity contribution is 7.66. The monoisotopic (exact) mass is 570 g/mol. The van der Waals surface area contributed by atoms with Crippen LogP contribution in [0.25, 0.3) is 0 Å². The number of phosphoric acid groups is 3. The molecule has 9 N–H and O–H groups in total. The molecule has 0 radical (unpaired) electrons. The van der Waals surface area contributed by atoms with E-state index in [4.69, 9.17) is 35.5 Å². The van der Waals surface area contributed by atoms with Crippen LogP contribution < -0.4 is 17.2 Å². The number of aliphatic hydroxyl groups is 1. The highest BCUT2D eigenvalue weighted by atomic mass is 31.3. The molecule has 1 aromatic heterocycles. The Hall–Kier alpha value is -1.11. The molecule has 202 valence electrons. The second-order valence-corrected chi connectivity index (χ2v) is 11.1. The zero-order valence-corrected chi connectivity index (χ0v) is 20.4. The van der Waals surface area contributed by atoms with E-state index in [1.807, 2.05) is 0 Å². The van der Waals surface area contributed by atoms with Gasteiger partial charge in [-0.25, -0.2) is 18.5 Å². The Morgan fingerprint density at radius 3 is 2.37 bits per heavy atom. The second kappa shape index (κ2) is 12.4. The van der Waals surface area contributed by atoms with Crippen molar-refractivity contribution in [2.24, 2.45) is 5.73 Å². The van der Waals surface area contributed by atoms with Crippen molar-refractivity contribution in [3.05, 3.63) is 22.2 Å². The van der Waals surface area contributed by atoms with Crippen molar-refractivity contribution in [3.8, 4) is 0 Å². The molecule has 2 rings (SSSR count). The van der Waals surface area contributed by atoms with Crippen LogP contribution in [0.4, 0.5) is 5.82 Å². The van der Waals surface area contributed by atoms with Gasteiger partial charge in [0, 0.05) is 24.7 Å². The van der Waals surface area contributed by atoms with Crippen LogP contribution in [0.15, 0.2) is 11.0 Å². The van der Waals surface area contributed by atoms with Gasteiger partial charge in [-0.2, -0.15) is 13.6 Å². The van der Waals surface area contributed by atoms with Crippen LogP contribution in [0.5, 0.6) is 0 Å². The summed E-state index contributed by atoms with van der Waals surface area (Å²) in [4.78, 5) is 51.8. The van der Waals surface area contributed by atoms with Gasteiger partial charge in [0.15, 0.2) is 6.29 Å². The van der Waals surface area contributed by atoms with E-state index in [-0.39, 0.29) is 37.6 Å². The number of phosphoric ester groups is 1. The third-order valence-corrected chi connectivity index (χ3v) is 7.77. The Bertz CT molecular complexity index is 1060. The van der Waals surface area contributed by atoms with Gasteiger partial charge in [-0.3, -0.25) is 9.09 Å². The molecule has 1 aliphatic heterocycles. The Morgan fingerprint density at radius 2 is 1.74 bits per heavy atom. The number of nitrogen functional groups attached to an aromatic ring is 1. The van der Waals surface area contributed by atoms with Gasteiger partial charge in [0.25, 0.3) is 0 Å². The van der Waals surface area contributed by atoms with E-state index in [9.17, 15) is 33.4 Å². The van der Waals surface area contributed by atoms with Crippen LogP contribution in [-0.4, -0.2) is 73.0 Å². The minimum atomic E-state index is -5.77. The molecule has 1 aromatic rings. The average Bonchev–Trinajstić information content (AvgIpc) is 3.02. The maximum Gasteiger partial charge on any atom is 0.490 e. The minimum Gasteiger partial charge on any atom is -0.388 e. The van der Waals surface area contributed by atoms with E-state index in [0.29, 0.717) is 13.2 Å². The number of nitrogens with two attached hydrogens (primary N) is 2. The molecule has 19 nitrogen and oxygen atoms in total. The highest BCUT2D eigenvalue weighted by Crippen LogP contribution is 2.66. The molecule has 5 unspecified atom stereocenters. The quantitative estimate of drug-likeness (QED) is 0.0965. The third-order valence-electron chi connectivity index (χ3n) is 3.96. The zero-order valence-electron chi connectivity index (χ0n) is 17.8. The number of hydrogen-bond donors (Lipinski definition) is 7. The standard InChI is InChI=1S/C13H25N4O15P3/c14-1-2-27-3-4-28-7-8-6-17(13(19)16-11(8)15)10-5-9(18)12(29-10)30-34(23,24)32-35(25,26)31-33(20,21)22/h6,9-10,12,18H,1-5,7,14H2,(H,23,24)(H,25,26)(H2,15,16,19)(H2,20,21,22). The molecule has 0 saturated carbocycles. The summed E-state index contributed by atoms with van der Waals surface area (Å²) in [5, 5.41) is 10.1. The second-order valence-electron chi connectivity index (χ2n) is 6.75. The van der Waals surface area contributed by atoms with E-state index in [1.54, 1.807) is 0 Å². The predicted octanol–water partition coefficient (Wildman–Crippen LogP) is -1.73. The highest BCUT2D eigenvalue weighted by Gasteiger charge is 2.46. The first-order chi connectivity index (χ1) is 16.1. The third kappa shape index (κ3) is 10.0. The van der Waals surface area contributed by atoms with E-state index in [1.165, 1.54) is 6.20 Å². The first-order valence-electron chi connectivity index (χ1n) is 9.51. The average molecular weight is 570 g/mol. The first kappa shape index (κ1) is 30.1. The van der Waals surface area contributed by atoms with Crippen LogP contribution >= 0.6 is 23.5 Å². The van der Waals surface area contributed by atoms with Gasteiger partial charge in [-0.05, 0) is 0 Å². The van der Waals surface area contributed by atoms with Gasteiger partial charge in [-0.15, -0.1) is 0 Å². The van der Waals surface area contributed by atoms with Crippen molar-refractivity contribution in [2.75, 3.05) is 32.1 Å². The van der Waals surface area contributed by atoms with Gasteiger partial charge in [0.2, 0.25) is 0 Å². The SMILES string of the molecule is NCCOCCOCc1cn(C2CC(O)C(OP(=O)(O)OP(=O)(O)OP(=O)(O)O)O2)c(=O)nc1N. The van der Waals surface area contributed by atoms with Gasteiger partial charge in [-0.1, -0.05) is 0 Å². The number of nitrogens with zero attached hydrogens (tertiary/aromatic N) is 2. The largest absolute Gasteiger partial charge is 0.490 e. The fourth-order valence-electron chi connectivity index (χ4n) is 2.65. The van der Waals surface area contributed by atoms with E-state index < -0.39 is 47.8 Å². The van der Waals surface area contributed by atoms with Crippen molar-refractivity contribution in [1.29, 1.82) is 0 Å². The van der Waals surface area contributed by atoms with E-state index in [0.717, 1.165) is 4.57 Å². The van der Waals surface area contributed by atoms with Crippen molar-refractivity contribution in [3.63, 3.8) is 0 Å². The van der Waals surface area contributed by atoms with Gasteiger partial charge in [0.05, 0.1) is 26.4 Å². The molecule has 1 saturated heterocycles. The van der Waals surface area contributed by atoms with Crippen molar-refractivity contribution in [1.82, 2.24) is 9.55 Å². The summed E-state index contributed by atoms with van der Waals surface area (Å²) in [6, 6.07) is 0. The Balaban J connectivity index is 2.05. The summed E-state index contributed by atoms with van der Waals surface area (Å²) < 4.78 is 62.3. The normalized spacial score (nSPS) is 24.2. The lowest BCUT2D eigenvalue weighted by molar-refractivity contribution is -0.134. The van der Waals surface area contributed by atoms with Crippen molar-refractivity contribution >= 4 is 29.3 Å². The number of hydrogen-bond acceptors (Lipinski definition) is 14. The molecule has 0 bridgehead atoms. The summed E-state index contributed by atoms with van der Waals surface area (Å²) in [7, 11) is -16.9. The van der Waals surface area contributed by atoms with Gasteiger partial charge >= 0.3 is 29.2 Å². The molecule has 0 amide bonds. The van der Waals surface area contributed by atoms with Crippen molar-refractivity contribution in [2.45, 2.75) is 31.6 Å². The van der Waals surface area contributed by atoms with E-state index in [2.05, 4.69) is 18.1 Å². The maximum atomic E-state index is 12.3. The molecular weight excluding hydrogens is 545 g/mol. The summed E-state index contributed by atoms with van der Waals surface area (Å²) in [6.45, 7) is 1.05. The summed E-state index contributed by atoms with van der Waals surface area (Å²) in [5.74, 6) is -0.141. The van der Waals surface area contributed by atoms with Crippen LogP contribution in [0, 0.1) is 0 Å². The summed E-state index contributed by atoms with van der Waals surface area (Å²) in [6.07, 6.45) is -4.09. The summed E-state index contributed by atoms with van der Waals surface area (Å²) in [5.41, 5.74) is 10.4. The molecule has 1 fully saturated rings. The van der Waals surface area contributed by atoms with Gasteiger partial charge in [0.1, 0.15) is 18.1 Å². The molecule has 0 spiro atoms. The lowest BCUT2D eigenvalue weighted by atomic mass is 10.2.